The number of nitrogens with zero attached hydrogens (tertiary/aromatic N) is 1. The molecule has 154 valence electrons. The normalized spacial score (nSPS) is 45.0. The molecule has 0 aromatic heterocycles. The number of piperidine rings is 1. The van der Waals surface area contributed by atoms with Crippen molar-refractivity contribution >= 4 is 11.9 Å². The Morgan fingerprint density at radius 3 is 2.75 bits per heavy atom. The number of rotatable bonds is 1. The fourth-order valence-corrected chi connectivity index (χ4v) is 6.38. The second-order valence-corrected chi connectivity index (χ2v) is 10.6. The second-order valence-electron chi connectivity index (χ2n) is 10.6. The first-order valence-electron chi connectivity index (χ1n) is 10.6. The molecule has 7 atom stereocenters. The number of carbonyl (C=O) groups is 2. The lowest BCUT2D eigenvalue weighted by Crippen LogP contribution is -2.80. The number of nitrogens with two attached hydrogens (primary N) is 1. The first-order valence-corrected chi connectivity index (χ1v) is 10.6. The number of nitrogens with one attached hydrogen (secondary N) is 1. The van der Waals surface area contributed by atoms with Crippen molar-refractivity contribution in [2.45, 2.75) is 95.1 Å². The molecule has 0 aromatic rings. The summed E-state index contributed by atoms with van der Waals surface area (Å²) in [6.45, 7) is 5.92. The SMILES string of the molecule is CC(C)(C)CC1(O)C(=O)OC2=C1CC1C3NC4CCCC(N)C4CC3N1C2=O. The Bertz CT molecular complexity index is 772. The third-order valence-electron chi connectivity index (χ3n) is 7.52. The van der Waals surface area contributed by atoms with Crippen LogP contribution in [-0.2, 0) is 14.3 Å². The topological polar surface area (TPSA) is 105 Å². The summed E-state index contributed by atoms with van der Waals surface area (Å²) in [4.78, 5) is 27.6. The monoisotopic (exact) mass is 389 g/mol. The molecule has 7 unspecified atom stereocenters. The zero-order chi connectivity index (χ0) is 20.0. The zero-order valence-electron chi connectivity index (χ0n) is 16.9. The Balaban J connectivity index is 1.44. The van der Waals surface area contributed by atoms with Gasteiger partial charge in [0.2, 0.25) is 0 Å². The van der Waals surface area contributed by atoms with E-state index in [1.807, 2.05) is 25.7 Å². The van der Waals surface area contributed by atoms with Crippen molar-refractivity contribution in [3.05, 3.63) is 11.3 Å². The van der Waals surface area contributed by atoms with Crippen LogP contribution in [0.2, 0.25) is 0 Å². The van der Waals surface area contributed by atoms with Gasteiger partial charge in [0.05, 0.1) is 12.1 Å². The summed E-state index contributed by atoms with van der Waals surface area (Å²) in [5.74, 6) is -0.477. The number of hydrogen-bond donors (Lipinski definition) is 3. The van der Waals surface area contributed by atoms with E-state index in [-0.39, 0.29) is 47.7 Å². The Hall–Kier alpha value is -1.44. The third kappa shape index (κ3) is 2.45. The molecule has 1 aliphatic carbocycles. The van der Waals surface area contributed by atoms with Crippen molar-refractivity contribution in [2.75, 3.05) is 0 Å². The minimum Gasteiger partial charge on any atom is -0.418 e. The molecule has 0 aromatic carbocycles. The molecule has 7 heteroatoms. The molecule has 2 saturated heterocycles. The van der Waals surface area contributed by atoms with Crippen molar-refractivity contribution in [1.82, 2.24) is 10.2 Å². The van der Waals surface area contributed by atoms with Crippen molar-refractivity contribution < 1.29 is 19.4 Å². The van der Waals surface area contributed by atoms with Crippen molar-refractivity contribution in [1.29, 1.82) is 0 Å². The van der Waals surface area contributed by atoms with Crippen molar-refractivity contribution in [2.24, 2.45) is 17.1 Å². The minimum atomic E-state index is -1.69. The predicted molar refractivity (Wildman–Crippen MR) is 102 cm³/mol. The first-order chi connectivity index (χ1) is 13.1. The van der Waals surface area contributed by atoms with Gasteiger partial charge in [-0.3, -0.25) is 4.79 Å². The Morgan fingerprint density at radius 2 is 2.04 bits per heavy atom. The van der Waals surface area contributed by atoms with Gasteiger partial charge in [0, 0.05) is 23.7 Å². The lowest BCUT2D eigenvalue weighted by Gasteiger charge is -2.63. The minimum absolute atomic E-state index is 0.0173. The van der Waals surface area contributed by atoms with Gasteiger partial charge in [-0.2, -0.15) is 0 Å². The summed E-state index contributed by atoms with van der Waals surface area (Å²) < 4.78 is 5.35. The fraction of sp³-hybridized carbons (Fsp3) is 0.810. The van der Waals surface area contributed by atoms with E-state index in [4.69, 9.17) is 10.5 Å². The highest BCUT2D eigenvalue weighted by molar-refractivity contribution is 6.03. The lowest BCUT2D eigenvalue weighted by atomic mass is 9.65. The number of carbonyl (C=O) groups excluding carboxylic acids is 2. The van der Waals surface area contributed by atoms with Gasteiger partial charge in [0.1, 0.15) is 0 Å². The molecule has 5 rings (SSSR count). The van der Waals surface area contributed by atoms with E-state index in [1.54, 1.807) is 0 Å². The molecule has 1 amide bonds. The van der Waals surface area contributed by atoms with Crippen molar-refractivity contribution in [3.8, 4) is 0 Å². The van der Waals surface area contributed by atoms with Crippen LogP contribution in [0.15, 0.2) is 11.3 Å². The molecular formula is C21H31N3O4. The van der Waals surface area contributed by atoms with Gasteiger partial charge < -0.3 is 25.8 Å². The summed E-state index contributed by atoms with van der Waals surface area (Å²) in [6, 6.07) is 0.886. The highest BCUT2D eigenvalue weighted by Crippen LogP contribution is 2.51. The molecule has 4 heterocycles. The summed E-state index contributed by atoms with van der Waals surface area (Å²) in [5.41, 5.74) is 4.89. The number of amides is 1. The molecular weight excluding hydrogens is 358 g/mol. The van der Waals surface area contributed by atoms with Crippen molar-refractivity contribution in [3.63, 3.8) is 0 Å². The van der Waals surface area contributed by atoms with E-state index in [2.05, 4.69) is 5.32 Å². The van der Waals surface area contributed by atoms with Gasteiger partial charge in [0.25, 0.3) is 5.91 Å². The molecule has 0 bridgehead atoms. The predicted octanol–water partition coefficient (Wildman–Crippen LogP) is 0.806. The molecule has 28 heavy (non-hydrogen) atoms. The largest absolute Gasteiger partial charge is 0.418 e. The average Bonchev–Trinajstić information content (AvgIpc) is 2.83. The molecule has 7 nitrogen and oxygen atoms in total. The van der Waals surface area contributed by atoms with Gasteiger partial charge in [-0.05, 0) is 43.4 Å². The van der Waals surface area contributed by atoms with Crippen LogP contribution in [-0.4, -0.2) is 57.7 Å². The maximum Gasteiger partial charge on any atom is 0.348 e. The summed E-state index contributed by atoms with van der Waals surface area (Å²) in [5, 5.41) is 15.0. The number of ether oxygens (including phenoxy) is 1. The van der Waals surface area contributed by atoms with Gasteiger partial charge in [0.15, 0.2) is 11.4 Å². The number of esters is 1. The number of fused-ring (bicyclic) bond motifs is 5. The zero-order valence-corrected chi connectivity index (χ0v) is 16.9. The van der Waals surface area contributed by atoms with E-state index < -0.39 is 11.6 Å². The highest BCUT2D eigenvalue weighted by atomic mass is 16.6. The van der Waals surface area contributed by atoms with Crippen LogP contribution in [0.25, 0.3) is 0 Å². The smallest absolute Gasteiger partial charge is 0.348 e. The average molecular weight is 389 g/mol. The molecule has 0 spiro atoms. The third-order valence-corrected chi connectivity index (χ3v) is 7.52. The summed E-state index contributed by atoms with van der Waals surface area (Å²) in [7, 11) is 0. The van der Waals surface area contributed by atoms with Gasteiger partial charge in [-0.25, -0.2) is 4.79 Å². The van der Waals surface area contributed by atoms with Gasteiger partial charge >= 0.3 is 5.97 Å². The summed E-state index contributed by atoms with van der Waals surface area (Å²) >= 11 is 0. The molecule has 1 saturated carbocycles. The van der Waals surface area contributed by atoms with Crippen LogP contribution in [0.5, 0.6) is 0 Å². The molecule has 5 aliphatic rings. The standard InChI is InChI=1S/C21H31N3O4/c1-20(2,3)9-21(27)11-8-15-16-14(24(15)18(25)17(11)28-19(21)26)7-10-12(22)5-4-6-13(10)23-16/h10,12-16,23,27H,4-9,22H2,1-3H3. The maximum atomic E-state index is 13.2. The van der Waals surface area contributed by atoms with Crippen LogP contribution in [0.4, 0.5) is 0 Å². The van der Waals surface area contributed by atoms with E-state index in [9.17, 15) is 14.7 Å². The number of hydrogen-bond acceptors (Lipinski definition) is 6. The lowest BCUT2D eigenvalue weighted by molar-refractivity contribution is -0.161. The maximum absolute atomic E-state index is 13.2. The first kappa shape index (κ1) is 18.6. The van der Waals surface area contributed by atoms with E-state index in [0.717, 1.165) is 25.7 Å². The highest BCUT2D eigenvalue weighted by Gasteiger charge is 2.64. The van der Waals surface area contributed by atoms with Crippen LogP contribution in [0, 0.1) is 11.3 Å². The van der Waals surface area contributed by atoms with Crippen LogP contribution in [0.1, 0.15) is 59.3 Å². The van der Waals surface area contributed by atoms with E-state index in [0.29, 0.717) is 24.0 Å². The summed E-state index contributed by atoms with van der Waals surface area (Å²) in [6.07, 6.45) is 4.98. The van der Waals surface area contributed by atoms with Gasteiger partial charge in [-0.15, -0.1) is 0 Å². The van der Waals surface area contributed by atoms with E-state index in [1.165, 1.54) is 0 Å². The van der Waals surface area contributed by atoms with Crippen LogP contribution >= 0.6 is 0 Å². The molecule has 0 radical (unpaired) electrons. The molecule has 3 fully saturated rings. The fourth-order valence-electron chi connectivity index (χ4n) is 6.38. The quantitative estimate of drug-likeness (QED) is 0.573. The Labute approximate surface area is 165 Å². The van der Waals surface area contributed by atoms with Gasteiger partial charge in [-0.1, -0.05) is 27.2 Å². The Kier molecular flexibility index (Phi) is 3.85. The molecule has 4 aliphatic heterocycles. The Morgan fingerprint density at radius 1 is 1.29 bits per heavy atom. The number of aliphatic hydroxyl groups is 1. The van der Waals surface area contributed by atoms with E-state index >= 15 is 0 Å². The van der Waals surface area contributed by atoms with Crippen LogP contribution in [0.3, 0.4) is 0 Å². The molecule has 4 N–H and O–H groups in total. The second kappa shape index (κ2) is 5.80. The van der Waals surface area contributed by atoms with Crippen LogP contribution < -0.4 is 11.1 Å².